The fourth-order valence-corrected chi connectivity index (χ4v) is 6.69. The number of rotatable bonds is 7. The molecule has 0 saturated carbocycles. The number of aromatic carboxylic acids is 1. The number of hydrogen-bond donors (Lipinski definition) is 1. The first-order chi connectivity index (χ1) is 19.8. The number of Topliss-reactive ketones (excluding diaryl/α,β-unsaturated/α-hetero) is 1. The number of aromatic nitrogens is 1. The number of ketones is 1. The van der Waals surface area contributed by atoms with Gasteiger partial charge in [-0.1, -0.05) is 46.8 Å². The van der Waals surface area contributed by atoms with Crippen LogP contribution in [0, 0.1) is 25.2 Å². The van der Waals surface area contributed by atoms with Gasteiger partial charge in [-0.3, -0.25) is 9.59 Å². The summed E-state index contributed by atoms with van der Waals surface area (Å²) < 4.78 is 12.5. The zero-order chi connectivity index (χ0) is 30.7. The molecule has 0 bridgehead atoms. The Morgan fingerprint density at radius 1 is 1.21 bits per heavy atom. The largest absolute Gasteiger partial charge is 0.477 e. The van der Waals surface area contributed by atoms with Crippen molar-refractivity contribution in [2.24, 2.45) is 11.3 Å². The third-order valence-electron chi connectivity index (χ3n) is 8.92. The van der Waals surface area contributed by atoms with E-state index in [0.29, 0.717) is 63.6 Å². The second-order valence-electron chi connectivity index (χ2n) is 12.4. The number of allylic oxidation sites excluding steroid dienone is 2. The van der Waals surface area contributed by atoms with E-state index >= 15 is 0 Å². The number of nitrogens with zero attached hydrogens (tertiary/aromatic N) is 2. The number of benzene rings is 1. The van der Waals surface area contributed by atoms with Gasteiger partial charge in [0, 0.05) is 36.6 Å². The van der Waals surface area contributed by atoms with Gasteiger partial charge in [0.2, 0.25) is 0 Å². The molecule has 1 aromatic heterocycles. The van der Waals surface area contributed by atoms with Crippen LogP contribution in [0.1, 0.15) is 80.1 Å². The number of carboxylic acid groups (broad SMARTS) is 1. The molecule has 2 aliphatic heterocycles. The molecule has 3 atom stereocenters. The van der Waals surface area contributed by atoms with Gasteiger partial charge < -0.3 is 19.5 Å². The lowest BCUT2D eigenvalue weighted by molar-refractivity contribution is -0.126. The smallest absolute Gasteiger partial charge is 0.354 e. The second kappa shape index (κ2) is 10.6. The highest BCUT2D eigenvalue weighted by Crippen LogP contribution is 2.55. The third-order valence-corrected chi connectivity index (χ3v) is 8.92. The van der Waals surface area contributed by atoms with Gasteiger partial charge in [-0.15, -0.1) is 0 Å². The van der Waals surface area contributed by atoms with Crippen molar-refractivity contribution in [3.63, 3.8) is 0 Å². The molecule has 0 spiro atoms. The van der Waals surface area contributed by atoms with E-state index < -0.39 is 11.9 Å². The summed E-state index contributed by atoms with van der Waals surface area (Å²) in [6, 6.07) is 6.83. The summed E-state index contributed by atoms with van der Waals surface area (Å²) in [6.45, 7) is 15.6. The summed E-state index contributed by atoms with van der Waals surface area (Å²) in [5, 5.41) is 9.73. The Bertz CT molecular complexity index is 1600. The van der Waals surface area contributed by atoms with Crippen LogP contribution in [0.4, 0.5) is 0 Å². The molecule has 3 heterocycles. The van der Waals surface area contributed by atoms with Crippen molar-refractivity contribution < 1.29 is 29.0 Å². The number of carbonyl (C=O) groups excluding carboxylic acids is 2. The molecule has 42 heavy (non-hydrogen) atoms. The number of pyridine rings is 1. The average Bonchev–Trinajstić information content (AvgIpc) is 3.16. The molecule has 0 saturated heterocycles. The van der Waals surface area contributed by atoms with Crippen LogP contribution in [-0.2, 0) is 14.3 Å². The summed E-state index contributed by atoms with van der Waals surface area (Å²) in [6.07, 6.45) is 3.05. The lowest BCUT2D eigenvalue weighted by atomic mass is 9.68. The lowest BCUT2D eigenvalue weighted by Crippen LogP contribution is -2.37. The maximum Gasteiger partial charge on any atom is 0.354 e. The molecule has 5 rings (SSSR count). The predicted molar refractivity (Wildman–Crippen MR) is 159 cm³/mol. The number of likely N-dealkylation sites (N-methyl/N-ethyl adjacent to an activating group) is 1. The summed E-state index contributed by atoms with van der Waals surface area (Å²) in [5.74, 6) is -0.285. The minimum Gasteiger partial charge on any atom is -0.477 e. The van der Waals surface area contributed by atoms with Crippen molar-refractivity contribution in [1.82, 2.24) is 9.88 Å². The van der Waals surface area contributed by atoms with Crippen LogP contribution in [0.15, 0.2) is 59.8 Å². The molecule has 8 nitrogen and oxygen atoms in total. The first kappa shape index (κ1) is 29.3. The van der Waals surface area contributed by atoms with Crippen LogP contribution in [-0.4, -0.2) is 45.7 Å². The van der Waals surface area contributed by atoms with Gasteiger partial charge >= 0.3 is 5.97 Å². The SMILES string of the molecule is C=COc1ccc(-c2ccc(C)c(C(=O)O)n2)c(C)c1[C@H]1C2=C(CC(C)(C)CC2=O)OC2=C1C(=O)N(C)[C@@H]2C(C)CC. The topological polar surface area (TPSA) is 106 Å². The molecule has 2 aromatic rings. The molecule has 1 amide bonds. The summed E-state index contributed by atoms with van der Waals surface area (Å²) >= 11 is 0. The quantitative estimate of drug-likeness (QED) is 0.380. The van der Waals surface area contributed by atoms with E-state index in [4.69, 9.17) is 9.47 Å². The standard InChI is InChI=1S/C34H38N2O6/c1-9-17(3)30-31-28(32(38)36(30)8)27(26-22(37)15-34(6,7)16-24(26)42-31)25-19(5)20(12-14-23(25)41-10-2)21-13-11-18(4)29(35-21)33(39)40/h10-14,17,27,30H,2,9,15-16H2,1,3-8H3,(H,39,40)/t17?,27-,30+/m0/s1. The van der Waals surface area contributed by atoms with Crippen molar-refractivity contribution in [3.8, 4) is 17.0 Å². The Hall–Kier alpha value is -4.20. The lowest BCUT2D eigenvalue weighted by Gasteiger charge is -2.39. The number of aryl methyl sites for hydroxylation is 1. The highest BCUT2D eigenvalue weighted by atomic mass is 16.5. The van der Waals surface area contributed by atoms with E-state index in [1.807, 2.05) is 13.0 Å². The summed E-state index contributed by atoms with van der Waals surface area (Å²) in [5.41, 5.74) is 3.69. The Morgan fingerprint density at radius 2 is 1.93 bits per heavy atom. The van der Waals surface area contributed by atoms with Crippen LogP contribution in [0.2, 0.25) is 0 Å². The van der Waals surface area contributed by atoms with Crippen molar-refractivity contribution in [1.29, 1.82) is 0 Å². The number of carboxylic acids is 1. The first-order valence-corrected chi connectivity index (χ1v) is 14.4. The van der Waals surface area contributed by atoms with E-state index in [1.54, 1.807) is 37.1 Å². The van der Waals surface area contributed by atoms with E-state index in [0.717, 1.165) is 12.0 Å². The van der Waals surface area contributed by atoms with Crippen LogP contribution in [0.25, 0.3) is 11.3 Å². The molecule has 0 radical (unpaired) electrons. The zero-order valence-electron chi connectivity index (χ0n) is 25.3. The van der Waals surface area contributed by atoms with Gasteiger partial charge in [-0.05, 0) is 54.5 Å². The average molecular weight is 571 g/mol. The van der Waals surface area contributed by atoms with Crippen LogP contribution in [0.5, 0.6) is 5.75 Å². The van der Waals surface area contributed by atoms with Crippen LogP contribution < -0.4 is 4.74 Å². The maximum atomic E-state index is 14.1. The van der Waals surface area contributed by atoms with Crippen LogP contribution >= 0.6 is 0 Å². The van der Waals surface area contributed by atoms with E-state index in [-0.39, 0.29) is 34.8 Å². The van der Waals surface area contributed by atoms with E-state index in [9.17, 15) is 19.5 Å². The molecular formula is C34H38N2O6. The van der Waals surface area contributed by atoms with Gasteiger partial charge in [-0.2, -0.15) is 0 Å². The zero-order valence-corrected chi connectivity index (χ0v) is 25.3. The van der Waals surface area contributed by atoms with Crippen molar-refractivity contribution in [2.75, 3.05) is 7.05 Å². The van der Waals surface area contributed by atoms with E-state index in [2.05, 4.69) is 39.3 Å². The maximum absolute atomic E-state index is 14.1. The number of amides is 1. The number of ether oxygens (including phenoxy) is 2. The number of carbonyl (C=O) groups is 3. The highest BCUT2D eigenvalue weighted by molar-refractivity contribution is 6.07. The van der Waals surface area contributed by atoms with Crippen molar-refractivity contribution >= 4 is 17.7 Å². The van der Waals surface area contributed by atoms with Gasteiger partial charge in [-0.25, -0.2) is 9.78 Å². The van der Waals surface area contributed by atoms with Crippen LogP contribution in [0.3, 0.4) is 0 Å². The Kier molecular flexibility index (Phi) is 7.37. The number of hydrogen-bond acceptors (Lipinski definition) is 6. The molecule has 220 valence electrons. The van der Waals surface area contributed by atoms with Gasteiger partial charge in [0.1, 0.15) is 17.3 Å². The van der Waals surface area contributed by atoms with E-state index in [1.165, 1.54) is 6.26 Å². The molecule has 1 aromatic carbocycles. The molecule has 1 unspecified atom stereocenters. The van der Waals surface area contributed by atoms with Crippen molar-refractivity contribution in [2.45, 2.75) is 72.8 Å². The minimum atomic E-state index is -1.11. The second-order valence-corrected chi connectivity index (χ2v) is 12.4. The fraction of sp³-hybridized carbons (Fsp3) is 0.412. The molecule has 1 aliphatic carbocycles. The molecular weight excluding hydrogens is 532 g/mol. The molecule has 3 aliphatic rings. The van der Waals surface area contributed by atoms with Gasteiger partial charge in [0.25, 0.3) is 5.91 Å². The highest BCUT2D eigenvalue weighted by Gasteiger charge is 2.52. The summed E-state index contributed by atoms with van der Waals surface area (Å²) in [4.78, 5) is 46.1. The molecule has 0 fully saturated rings. The molecule has 1 N–H and O–H groups in total. The Balaban J connectivity index is 1.82. The Labute approximate surface area is 246 Å². The van der Waals surface area contributed by atoms with Gasteiger partial charge in [0.15, 0.2) is 11.5 Å². The van der Waals surface area contributed by atoms with Gasteiger partial charge in [0.05, 0.1) is 29.5 Å². The first-order valence-electron chi connectivity index (χ1n) is 14.4. The van der Waals surface area contributed by atoms with Crippen molar-refractivity contribution in [3.05, 3.63) is 82.2 Å². The monoisotopic (exact) mass is 570 g/mol. The third kappa shape index (κ3) is 4.63. The Morgan fingerprint density at radius 3 is 2.57 bits per heavy atom. The predicted octanol–water partition coefficient (Wildman–Crippen LogP) is 6.48. The summed E-state index contributed by atoms with van der Waals surface area (Å²) in [7, 11) is 1.79. The minimum absolute atomic E-state index is 0.0328. The molecule has 8 heteroatoms. The fourth-order valence-electron chi connectivity index (χ4n) is 6.69. The normalized spacial score (nSPS) is 22.0.